The number of nitrogens with zero attached hydrogens (tertiary/aromatic N) is 1. The van der Waals surface area contributed by atoms with Gasteiger partial charge in [0.15, 0.2) is 0 Å². The largest absolute Gasteiger partial charge is 0.390 e. The molecular weight excluding hydrogens is 288 g/mol. The summed E-state index contributed by atoms with van der Waals surface area (Å²) in [4.78, 5) is 0. The van der Waals surface area contributed by atoms with Crippen LogP contribution in [0.2, 0.25) is 0 Å². The Balaban J connectivity index is 1.86. The lowest BCUT2D eigenvalue weighted by Gasteiger charge is -2.16. The van der Waals surface area contributed by atoms with Crippen molar-refractivity contribution in [2.24, 2.45) is 0 Å². The summed E-state index contributed by atoms with van der Waals surface area (Å²) in [6, 6.07) is 16.8. The molecule has 122 valence electrons. The highest BCUT2D eigenvalue weighted by Gasteiger charge is 2.16. The van der Waals surface area contributed by atoms with Crippen molar-refractivity contribution in [3.05, 3.63) is 48.5 Å². The van der Waals surface area contributed by atoms with Crippen molar-refractivity contribution < 1.29 is 15.5 Å². The molecule has 0 bridgehead atoms. The Morgan fingerprint density at radius 1 is 1.00 bits per heavy atom. The van der Waals surface area contributed by atoms with Crippen LogP contribution in [0.1, 0.15) is 13.3 Å². The third kappa shape index (κ3) is 3.24. The van der Waals surface area contributed by atoms with Crippen molar-refractivity contribution in [3.63, 3.8) is 0 Å². The second-order valence-electron chi connectivity index (χ2n) is 6.12. The summed E-state index contributed by atoms with van der Waals surface area (Å²) in [5.41, 5.74) is 2.31. The fourth-order valence-corrected chi connectivity index (χ4v) is 3.21. The van der Waals surface area contributed by atoms with E-state index in [4.69, 9.17) is 0 Å². The van der Waals surface area contributed by atoms with E-state index in [0.29, 0.717) is 13.1 Å². The van der Waals surface area contributed by atoms with Gasteiger partial charge in [-0.05, 0) is 18.6 Å². The lowest BCUT2D eigenvalue weighted by atomic mass is 10.2. The number of quaternary nitrogens is 1. The summed E-state index contributed by atoms with van der Waals surface area (Å²) in [6.45, 7) is 3.36. The normalized spacial score (nSPS) is 14.4. The number of para-hydroxylation sites is 2. The second kappa shape index (κ2) is 7.13. The molecule has 0 amide bonds. The molecule has 0 spiro atoms. The number of aliphatic hydroxyl groups is 2. The van der Waals surface area contributed by atoms with Gasteiger partial charge in [0, 0.05) is 21.8 Å². The Kier molecular flexibility index (Phi) is 4.96. The fourth-order valence-electron chi connectivity index (χ4n) is 3.21. The Labute approximate surface area is 136 Å². The fraction of sp³-hybridized carbons (Fsp3) is 0.368. The number of benzene rings is 2. The molecule has 1 heterocycles. The maximum Gasteiger partial charge on any atom is 0.121 e. The SMILES string of the molecule is CC[C@@H](CO)[NH2+]C[C@@H](O)Cn1c2ccccc2c2ccccc21. The van der Waals surface area contributed by atoms with Gasteiger partial charge < -0.3 is 20.1 Å². The Hall–Kier alpha value is -1.88. The molecule has 0 saturated carbocycles. The number of hydrogen-bond acceptors (Lipinski definition) is 2. The van der Waals surface area contributed by atoms with Gasteiger partial charge in [-0.15, -0.1) is 0 Å². The molecule has 2 aromatic carbocycles. The van der Waals surface area contributed by atoms with E-state index in [9.17, 15) is 10.2 Å². The quantitative estimate of drug-likeness (QED) is 0.619. The van der Waals surface area contributed by atoms with E-state index in [-0.39, 0.29) is 12.6 Å². The average molecular weight is 313 g/mol. The number of hydrogen-bond donors (Lipinski definition) is 3. The highest BCUT2D eigenvalue weighted by molar-refractivity contribution is 6.07. The van der Waals surface area contributed by atoms with Crippen LogP contribution in [0.4, 0.5) is 0 Å². The predicted octanol–water partition coefficient (Wildman–Crippen LogP) is 1.49. The van der Waals surface area contributed by atoms with Gasteiger partial charge in [-0.2, -0.15) is 0 Å². The maximum absolute atomic E-state index is 10.4. The van der Waals surface area contributed by atoms with Crippen LogP contribution in [0, 0.1) is 0 Å². The van der Waals surface area contributed by atoms with E-state index in [0.717, 1.165) is 17.5 Å². The lowest BCUT2D eigenvalue weighted by molar-refractivity contribution is -0.696. The van der Waals surface area contributed by atoms with Gasteiger partial charge in [0.25, 0.3) is 0 Å². The maximum atomic E-state index is 10.4. The third-order valence-corrected chi connectivity index (χ3v) is 4.57. The Bertz CT molecular complexity index is 724. The van der Waals surface area contributed by atoms with E-state index >= 15 is 0 Å². The van der Waals surface area contributed by atoms with Gasteiger partial charge in [0.2, 0.25) is 0 Å². The molecule has 4 nitrogen and oxygen atoms in total. The van der Waals surface area contributed by atoms with Crippen molar-refractivity contribution in [3.8, 4) is 0 Å². The third-order valence-electron chi connectivity index (χ3n) is 4.57. The summed E-state index contributed by atoms with van der Waals surface area (Å²) < 4.78 is 2.20. The minimum atomic E-state index is -0.449. The molecule has 0 radical (unpaired) electrons. The van der Waals surface area contributed by atoms with Gasteiger partial charge in [-0.3, -0.25) is 0 Å². The van der Waals surface area contributed by atoms with Crippen LogP contribution in [-0.2, 0) is 6.54 Å². The number of rotatable bonds is 7. The Morgan fingerprint density at radius 3 is 2.09 bits per heavy atom. The minimum Gasteiger partial charge on any atom is -0.390 e. The van der Waals surface area contributed by atoms with Crippen LogP contribution in [0.5, 0.6) is 0 Å². The molecule has 4 N–H and O–H groups in total. The molecule has 0 unspecified atom stereocenters. The van der Waals surface area contributed by atoms with Crippen LogP contribution in [0.3, 0.4) is 0 Å². The summed E-state index contributed by atoms with van der Waals surface area (Å²) in [7, 11) is 0. The molecule has 1 aromatic heterocycles. The van der Waals surface area contributed by atoms with Crippen LogP contribution in [0.25, 0.3) is 21.8 Å². The zero-order valence-electron chi connectivity index (χ0n) is 13.5. The molecule has 0 aliphatic rings. The van der Waals surface area contributed by atoms with E-state index in [1.807, 2.05) is 17.4 Å². The molecule has 23 heavy (non-hydrogen) atoms. The average Bonchev–Trinajstić information content (AvgIpc) is 2.90. The molecule has 4 heteroatoms. The summed E-state index contributed by atoms with van der Waals surface area (Å²) in [6.07, 6.45) is 0.452. The summed E-state index contributed by atoms with van der Waals surface area (Å²) in [5, 5.41) is 24.2. The van der Waals surface area contributed by atoms with Crippen molar-refractivity contribution >= 4 is 21.8 Å². The second-order valence-corrected chi connectivity index (χ2v) is 6.12. The molecule has 0 saturated heterocycles. The van der Waals surface area contributed by atoms with E-state index in [2.05, 4.69) is 47.9 Å². The standard InChI is InChI=1S/C19H24N2O2/c1-2-14(13-22)20-11-15(23)12-21-18-9-5-3-7-16(18)17-8-4-6-10-19(17)21/h3-10,14-15,20,22-23H,2,11-13H2,1H3/p+1/t14-,15+/m0/s1. The predicted molar refractivity (Wildman–Crippen MR) is 93.4 cm³/mol. The van der Waals surface area contributed by atoms with Crippen molar-refractivity contribution in [1.29, 1.82) is 0 Å². The number of fused-ring (bicyclic) bond motifs is 3. The lowest BCUT2D eigenvalue weighted by Crippen LogP contribution is -2.92. The number of nitrogens with two attached hydrogens (primary N) is 1. The first-order valence-electron chi connectivity index (χ1n) is 8.32. The van der Waals surface area contributed by atoms with Gasteiger partial charge in [0.1, 0.15) is 18.7 Å². The molecule has 0 fully saturated rings. The van der Waals surface area contributed by atoms with E-state index in [1.165, 1.54) is 10.8 Å². The molecular formula is C19H25N2O2+. The van der Waals surface area contributed by atoms with Crippen LogP contribution in [-0.4, -0.2) is 40.1 Å². The van der Waals surface area contributed by atoms with Crippen molar-refractivity contribution in [2.45, 2.75) is 32.0 Å². The first-order valence-corrected chi connectivity index (χ1v) is 8.32. The summed E-state index contributed by atoms with van der Waals surface area (Å²) in [5.74, 6) is 0. The zero-order valence-corrected chi connectivity index (χ0v) is 13.5. The molecule has 3 aromatic rings. The van der Waals surface area contributed by atoms with Gasteiger partial charge in [-0.1, -0.05) is 43.3 Å². The van der Waals surface area contributed by atoms with Crippen LogP contribution in [0.15, 0.2) is 48.5 Å². The van der Waals surface area contributed by atoms with E-state index in [1.54, 1.807) is 0 Å². The van der Waals surface area contributed by atoms with Crippen molar-refractivity contribution in [1.82, 2.24) is 4.57 Å². The minimum absolute atomic E-state index is 0.151. The zero-order chi connectivity index (χ0) is 16.2. The Morgan fingerprint density at radius 2 is 1.57 bits per heavy atom. The topological polar surface area (TPSA) is 62.0 Å². The van der Waals surface area contributed by atoms with Crippen molar-refractivity contribution in [2.75, 3.05) is 13.2 Å². The molecule has 0 aliphatic carbocycles. The summed E-state index contributed by atoms with van der Waals surface area (Å²) >= 11 is 0. The monoisotopic (exact) mass is 313 g/mol. The van der Waals surface area contributed by atoms with Crippen LogP contribution < -0.4 is 5.32 Å². The molecule has 0 aliphatic heterocycles. The van der Waals surface area contributed by atoms with Gasteiger partial charge >= 0.3 is 0 Å². The van der Waals surface area contributed by atoms with Gasteiger partial charge in [-0.25, -0.2) is 0 Å². The number of aromatic nitrogens is 1. The number of aliphatic hydroxyl groups excluding tert-OH is 2. The molecule has 3 rings (SSSR count). The molecule has 2 atom stereocenters. The van der Waals surface area contributed by atoms with E-state index < -0.39 is 6.10 Å². The highest BCUT2D eigenvalue weighted by atomic mass is 16.3. The van der Waals surface area contributed by atoms with Gasteiger partial charge in [0.05, 0.1) is 13.2 Å². The highest BCUT2D eigenvalue weighted by Crippen LogP contribution is 2.28. The first kappa shape index (κ1) is 16.0. The smallest absolute Gasteiger partial charge is 0.121 e. The first-order chi connectivity index (χ1) is 11.2. The van der Waals surface area contributed by atoms with Crippen LogP contribution >= 0.6 is 0 Å².